The van der Waals surface area contributed by atoms with Gasteiger partial charge >= 0.3 is 0 Å². The van der Waals surface area contributed by atoms with Crippen molar-refractivity contribution in [1.82, 2.24) is 5.06 Å². The van der Waals surface area contributed by atoms with Crippen LogP contribution in [0, 0.1) is 0 Å². The number of rotatable bonds is 5. The van der Waals surface area contributed by atoms with Crippen molar-refractivity contribution in [1.29, 1.82) is 0 Å². The zero-order valence-electron chi connectivity index (χ0n) is 9.44. The molecule has 92 valence electrons. The number of hydroxylamine groups is 2. The van der Waals surface area contributed by atoms with Crippen LogP contribution >= 0.6 is 0 Å². The quantitative estimate of drug-likeness (QED) is 0.261. The van der Waals surface area contributed by atoms with Crippen LogP contribution in [0.3, 0.4) is 0 Å². The van der Waals surface area contributed by atoms with Gasteiger partial charge in [-0.15, -0.1) is 5.06 Å². The molecule has 0 spiro atoms. The lowest BCUT2D eigenvalue weighted by Gasteiger charge is -2.12. The Kier molecular flexibility index (Phi) is 3.57. The van der Waals surface area contributed by atoms with E-state index in [0.717, 1.165) is 5.06 Å². The number of hydrogen-bond acceptors (Lipinski definition) is 4. The predicted octanol–water partition coefficient (Wildman–Crippen LogP) is 1.91. The fourth-order valence-electron chi connectivity index (χ4n) is 1.62. The molecule has 1 heterocycles. The van der Waals surface area contributed by atoms with Crippen molar-refractivity contribution < 1.29 is 14.4 Å². The normalized spacial score (nSPS) is 13.4. The van der Waals surface area contributed by atoms with Gasteiger partial charge in [0.1, 0.15) is 0 Å². The average Bonchev–Trinajstić information content (AvgIpc) is 2.64. The minimum absolute atomic E-state index is 0.143. The molecule has 1 aliphatic rings. The van der Waals surface area contributed by atoms with Gasteiger partial charge in [0.05, 0.1) is 17.7 Å². The molecule has 18 heavy (non-hydrogen) atoms. The Morgan fingerprint density at radius 1 is 1.22 bits per heavy atom. The Morgan fingerprint density at radius 2 is 1.83 bits per heavy atom. The second-order valence-electron chi connectivity index (χ2n) is 3.59. The lowest BCUT2D eigenvalue weighted by Crippen LogP contribution is -2.30. The molecule has 1 aromatic rings. The minimum Gasteiger partial charge on any atom is -0.266 e. The summed E-state index contributed by atoms with van der Waals surface area (Å²) in [6.07, 6.45) is 0.442. The van der Waals surface area contributed by atoms with Gasteiger partial charge in [-0.1, -0.05) is 17.2 Å². The number of benzene rings is 1. The van der Waals surface area contributed by atoms with Crippen LogP contribution in [0.25, 0.3) is 10.4 Å². The minimum atomic E-state index is -0.459. The Morgan fingerprint density at radius 3 is 2.39 bits per heavy atom. The molecule has 0 atom stereocenters. The first-order valence-corrected chi connectivity index (χ1v) is 5.37. The highest BCUT2D eigenvalue weighted by Crippen LogP contribution is 2.22. The maximum atomic E-state index is 11.8. The highest BCUT2D eigenvalue weighted by Gasteiger charge is 2.36. The molecular formula is C11H10N4O3. The van der Waals surface area contributed by atoms with Gasteiger partial charge < -0.3 is 0 Å². The lowest BCUT2D eigenvalue weighted by molar-refractivity contribution is -0.0914. The molecule has 0 aromatic heterocycles. The van der Waals surface area contributed by atoms with Crippen LogP contribution < -0.4 is 0 Å². The van der Waals surface area contributed by atoms with Crippen molar-refractivity contribution in [3.63, 3.8) is 0 Å². The molecule has 1 aliphatic heterocycles. The van der Waals surface area contributed by atoms with Crippen molar-refractivity contribution in [2.24, 2.45) is 5.11 Å². The molecule has 7 nitrogen and oxygen atoms in total. The zero-order chi connectivity index (χ0) is 13.0. The molecule has 2 rings (SSSR count). The third kappa shape index (κ3) is 2.17. The van der Waals surface area contributed by atoms with Gasteiger partial charge in [0.25, 0.3) is 11.8 Å². The summed E-state index contributed by atoms with van der Waals surface area (Å²) in [7, 11) is 0. The van der Waals surface area contributed by atoms with Gasteiger partial charge in [0, 0.05) is 11.5 Å². The zero-order valence-corrected chi connectivity index (χ0v) is 9.44. The number of nitrogens with zero attached hydrogens (tertiary/aromatic N) is 4. The maximum Gasteiger partial charge on any atom is 0.285 e. The van der Waals surface area contributed by atoms with Gasteiger partial charge in [-0.05, 0) is 24.1 Å². The molecule has 7 heteroatoms. The molecule has 0 fully saturated rings. The molecule has 0 bridgehead atoms. The van der Waals surface area contributed by atoms with E-state index in [0.29, 0.717) is 17.5 Å². The second kappa shape index (κ2) is 5.31. The fraction of sp³-hybridized carbons (Fsp3) is 0.273. The smallest absolute Gasteiger partial charge is 0.266 e. The number of imide groups is 1. The summed E-state index contributed by atoms with van der Waals surface area (Å²) in [6.45, 7) is 0.407. The topological polar surface area (TPSA) is 95.4 Å². The number of azide groups is 1. The number of hydrogen-bond donors (Lipinski definition) is 0. The van der Waals surface area contributed by atoms with Crippen LogP contribution in [0.4, 0.5) is 0 Å². The fourth-order valence-corrected chi connectivity index (χ4v) is 1.62. The van der Waals surface area contributed by atoms with Gasteiger partial charge in [-0.3, -0.25) is 14.4 Å². The highest BCUT2D eigenvalue weighted by atomic mass is 16.7. The Hall–Kier alpha value is -2.37. The molecule has 0 N–H and O–H groups in total. The number of carbonyl (C=O) groups is 2. The van der Waals surface area contributed by atoms with Crippen LogP contribution in [0.1, 0.15) is 27.1 Å². The van der Waals surface area contributed by atoms with Crippen molar-refractivity contribution in [2.75, 3.05) is 13.2 Å². The van der Waals surface area contributed by atoms with Gasteiger partial charge in [-0.2, -0.15) is 0 Å². The van der Waals surface area contributed by atoms with Crippen LogP contribution in [-0.4, -0.2) is 30.0 Å². The Labute approximate surface area is 103 Å². The van der Waals surface area contributed by atoms with E-state index >= 15 is 0 Å². The summed E-state index contributed by atoms with van der Waals surface area (Å²) < 4.78 is 0. The second-order valence-corrected chi connectivity index (χ2v) is 3.59. The van der Waals surface area contributed by atoms with Gasteiger partial charge in [0.15, 0.2) is 0 Å². The molecule has 0 aliphatic carbocycles. The Bertz CT molecular complexity index is 502. The van der Waals surface area contributed by atoms with E-state index in [1.165, 1.54) is 0 Å². The highest BCUT2D eigenvalue weighted by molar-refractivity contribution is 6.20. The van der Waals surface area contributed by atoms with Crippen molar-refractivity contribution in [2.45, 2.75) is 6.42 Å². The monoisotopic (exact) mass is 246 g/mol. The summed E-state index contributed by atoms with van der Waals surface area (Å²) in [5.74, 6) is -0.918. The molecule has 2 amide bonds. The van der Waals surface area contributed by atoms with E-state index in [1.807, 2.05) is 0 Å². The number of fused-ring (bicyclic) bond motifs is 1. The number of amides is 2. The maximum absolute atomic E-state index is 11.8. The summed E-state index contributed by atoms with van der Waals surface area (Å²) >= 11 is 0. The molecule has 1 aromatic carbocycles. The standard InChI is InChI=1S/C11H10N4O3/c12-14-13-6-3-7-18-15-10(16)8-4-1-2-5-9(8)11(15)17/h1-2,4-5H,3,6-7H2. The Balaban J connectivity index is 1.98. The summed E-state index contributed by atoms with van der Waals surface area (Å²) in [5.41, 5.74) is 8.77. The molecule has 0 saturated heterocycles. The first-order chi connectivity index (χ1) is 8.75. The SMILES string of the molecule is [N-]=[N+]=NCCCON1C(=O)c2ccccc2C1=O. The molecule has 0 unspecified atom stereocenters. The summed E-state index contributed by atoms with van der Waals surface area (Å²) in [4.78, 5) is 31.3. The van der Waals surface area contributed by atoms with Crippen LogP contribution in [0.5, 0.6) is 0 Å². The van der Waals surface area contributed by atoms with E-state index in [1.54, 1.807) is 24.3 Å². The van der Waals surface area contributed by atoms with E-state index in [9.17, 15) is 9.59 Å². The van der Waals surface area contributed by atoms with Crippen molar-refractivity contribution in [3.8, 4) is 0 Å². The van der Waals surface area contributed by atoms with Gasteiger partial charge in [-0.25, -0.2) is 0 Å². The number of carbonyl (C=O) groups excluding carboxylic acids is 2. The summed E-state index contributed by atoms with van der Waals surface area (Å²) in [5, 5.41) is 4.08. The first kappa shape index (κ1) is 12.1. The first-order valence-electron chi connectivity index (χ1n) is 5.37. The third-order valence-electron chi connectivity index (χ3n) is 2.44. The molecular weight excluding hydrogens is 236 g/mol. The molecule has 0 radical (unpaired) electrons. The van der Waals surface area contributed by atoms with E-state index in [2.05, 4.69) is 10.0 Å². The van der Waals surface area contributed by atoms with E-state index in [-0.39, 0.29) is 13.2 Å². The third-order valence-corrected chi connectivity index (χ3v) is 2.44. The largest absolute Gasteiger partial charge is 0.285 e. The lowest BCUT2D eigenvalue weighted by atomic mass is 10.1. The van der Waals surface area contributed by atoms with Crippen molar-refractivity contribution >= 4 is 11.8 Å². The summed E-state index contributed by atoms with van der Waals surface area (Å²) in [6, 6.07) is 6.54. The van der Waals surface area contributed by atoms with Crippen LogP contribution in [0.2, 0.25) is 0 Å². The molecule has 0 saturated carbocycles. The van der Waals surface area contributed by atoms with E-state index < -0.39 is 11.8 Å². The van der Waals surface area contributed by atoms with E-state index in [4.69, 9.17) is 10.4 Å². The van der Waals surface area contributed by atoms with Crippen LogP contribution in [-0.2, 0) is 4.84 Å². The van der Waals surface area contributed by atoms with Crippen molar-refractivity contribution in [3.05, 3.63) is 45.8 Å². The average molecular weight is 246 g/mol. The predicted molar refractivity (Wildman–Crippen MR) is 61.5 cm³/mol. The van der Waals surface area contributed by atoms with Gasteiger partial charge in [0.2, 0.25) is 0 Å². The van der Waals surface area contributed by atoms with Crippen LogP contribution in [0.15, 0.2) is 29.4 Å².